The van der Waals surface area contributed by atoms with Crippen LogP contribution in [0.4, 0.5) is 11.4 Å². The predicted molar refractivity (Wildman–Crippen MR) is 103 cm³/mol. The summed E-state index contributed by atoms with van der Waals surface area (Å²) in [6, 6.07) is 15.5. The molecule has 2 aromatic carbocycles. The zero-order valence-corrected chi connectivity index (χ0v) is 15.2. The molecule has 0 fully saturated rings. The van der Waals surface area contributed by atoms with Gasteiger partial charge in [-0.1, -0.05) is 43.3 Å². The standard InChI is InChI=1S/C21H26N2O2/c1-4-17-11-8-10-16(2)21(17)22-19(24)14-9-15-20(25)23(3)18-12-6-5-7-13-18/h5-8,10-13H,4,9,14-15H2,1-3H3,(H,22,24). The van der Waals surface area contributed by atoms with Crippen LogP contribution in [-0.4, -0.2) is 18.9 Å². The van der Waals surface area contributed by atoms with Crippen molar-refractivity contribution >= 4 is 23.2 Å². The molecule has 0 aromatic heterocycles. The number of carbonyl (C=O) groups excluding carboxylic acids is 2. The number of nitrogens with one attached hydrogen (secondary N) is 1. The van der Waals surface area contributed by atoms with Gasteiger partial charge in [0.15, 0.2) is 0 Å². The molecule has 25 heavy (non-hydrogen) atoms. The summed E-state index contributed by atoms with van der Waals surface area (Å²) >= 11 is 0. The van der Waals surface area contributed by atoms with Crippen molar-refractivity contribution in [1.82, 2.24) is 0 Å². The van der Waals surface area contributed by atoms with E-state index in [1.54, 1.807) is 11.9 Å². The lowest BCUT2D eigenvalue weighted by atomic mass is 10.1. The van der Waals surface area contributed by atoms with Crippen LogP contribution in [0, 0.1) is 6.92 Å². The second kappa shape index (κ2) is 9.02. The van der Waals surface area contributed by atoms with Crippen molar-refractivity contribution in [2.75, 3.05) is 17.3 Å². The number of benzene rings is 2. The second-order valence-electron chi connectivity index (χ2n) is 6.15. The van der Waals surface area contributed by atoms with Crippen LogP contribution >= 0.6 is 0 Å². The first-order chi connectivity index (χ1) is 12.0. The van der Waals surface area contributed by atoms with Crippen LogP contribution in [0.5, 0.6) is 0 Å². The van der Waals surface area contributed by atoms with Gasteiger partial charge in [-0.05, 0) is 43.0 Å². The molecule has 0 bridgehead atoms. The topological polar surface area (TPSA) is 49.4 Å². The fourth-order valence-electron chi connectivity index (χ4n) is 2.77. The maximum atomic E-state index is 12.2. The van der Waals surface area contributed by atoms with Crippen LogP contribution in [-0.2, 0) is 16.0 Å². The van der Waals surface area contributed by atoms with Crippen LogP contribution in [0.25, 0.3) is 0 Å². The van der Waals surface area contributed by atoms with E-state index < -0.39 is 0 Å². The molecule has 2 aromatic rings. The highest BCUT2D eigenvalue weighted by Gasteiger charge is 2.12. The molecule has 0 saturated carbocycles. The maximum absolute atomic E-state index is 12.2. The molecule has 0 aliphatic heterocycles. The summed E-state index contributed by atoms with van der Waals surface area (Å²) < 4.78 is 0. The molecule has 0 saturated heterocycles. The van der Waals surface area contributed by atoms with E-state index in [0.717, 1.165) is 28.9 Å². The van der Waals surface area contributed by atoms with E-state index in [1.165, 1.54) is 0 Å². The molecular formula is C21H26N2O2. The smallest absolute Gasteiger partial charge is 0.226 e. The number of anilines is 2. The highest BCUT2D eigenvalue weighted by atomic mass is 16.2. The molecule has 0 aliphatic rings. The Bertz CT molecular complexity index is 726. The van der Waals surface area contributed by atoms with Crippen molar-refractivity contribution in [2.24, 2.45) is 0 Å². The zero-order chi connectivity index (χ0) is 18.2. The zero-order valence-electron chi connectivity index (χ0n) is 15.2. The Hall–Kier alpha value is -2.62. The number of amides is 2. The van der Waals surface area contributed by atoms with E-state index in [4.69, 9.17) is 0 Å². The van der Waals surface area contributed by atoms with Gasteiger partial charge in [-0.25, -0.2) is 0 Å². The quantitative estimate of drug-likeness (QED) is 0.817. The van der Waals surface area contributed by atoms with Crippen molar-refractivity contribution in [3.05, 3.63) is 59.7 Å². The minimum atomic E-state index is -0.0424. The minimum absolute atomic E-state index is 0.0177. The number of aryl methyl sites for hydroxylation is 2. The van der Waals surface area contributed by atoms with Crippen molar-refractivity contribution in [3.63, 3.8) is 0 Å². The molecule has 132 valence electrons. The third-order valence-electron chi connectivity index (χ3n) is 4.32. The van der Waals surface area contributed by atoms with Crippen molar-refractivity contribution in [2.45, 2.75) is 39.5 Å². The number of para-hydroxylation sites is 2. The number of nitrogens with zero attached hydrogens (tertiary/aromatic N) is 1. The van der Waals surface area contributed by atoms with Crippen molar-refractivity contribution < 1.29 is 9.59 Å². The first kappa shape index (κ1) is 18.7. The molecule has 2 rings (SSSR count). The van der Waals surface area contributed by atoms with Crippen LogP contribution in [0.15, 0.2) is 48.5 Å². The molecule has 0 spiro atoms. The summed E-state index contributed by atoms with van der Waals surface area (Å²) in [6.45, 7) is 4.07. The Morgan fingerprint density at radius 1 is 1.00 bits per heavy atom. The molecule has 4 heteroatoms. The SMILES string of the molecule is CCc1cccc(C)c1NC(=O)CCCC(=O)N(C)c1ccccc1. The molecule has 0 radical (unpaired) electrons. The summed E-state index contributed by atoms with van der Waals surface area (Å²) in [5, 5.41) is 3.00. The largest absolute Gasteiger partial charge is 0.326 e. The van der Waals surface area contributed by atoms with E-state index in [1.807, 2.05) is 55.5 Å². The minimum Gasteiger partial charge on any atom is -0.326 e. The Balaban J connectivity index is 1.84. The average Bonchev–Trinajstić information content (AvgIpc) is 2.63. The van der Waals surface area contributed by atoms with E-state index in [0.29, 0.717) is 19.3 Å². The molecule has 0 heterocycles. The Labute approximate surface area is 149 Å². The summed E-state index contributed by atoms with van der Waals surface area (Å²) in [5.74, 6) is -0.0247. The van der Waals surface area contributed by atoms with Gasteiger partial charge in [0.2, 0.25) is 11.8 Å². The summed E-state index contributed by atoms with van der Waals surface area (Å²) in [7, 11) is 1.76. The molecule has 0 atom stereocenters. The van der Waals surface area contributed by atoms with E-state index in [2.05, 4.69) is 12.2 Å². The third kappa shape index (κ3) is 5.18. The Morgan fingerprint density at radius 3 is 2.40 bits per heavy atom. The highest BCUT2D eigenvalue weighted by Crippen LogP contribution is 2.21. The molecule has 4 nitrogen and oxygen atoms in total. The lowest BCUT2D eigenvalue weighted by Crippen LogP contribution is -2.26. The summed E-state index contributed by atoms with van der Waals surface area (Å²) in [4.78, 5) is 26.1. The average molecular weight is 338 g/mol. The fraction of sp³-hybridized carbons (Fsp3) is 0.333. The Kier molecular flexibility index (Phi) is 6.75. The maximum Gasteiger partial charge on any atom is 0.226 e. The van der Waals surface area contributed by atoms with E-state index in [-0.39, 0.29) is 11.8 Å². The van der Waals surface area contributed by atoms with Crippen LogP contribution < -0.4 is 10.2 Å². The normalized spacial score (nSPS) is 10.4. The van der Waals surface area contributed by atoms with Crippen molar-refractivity contribution in [3.8, 4) is 0 Å². The number of rotatable bonds is 7. The lowest BCUT2D eigenvalue weighted by Gasteiger charge is -2.17. The van der Waals surface area contributed by atoms with Gasteiger partial charge < -0.3 is 10.2 Å². The first-order valence-corrected chi connectivity index (χ1v) is 8.73. The van der Waals surface area contributed by atoms with Crippen LogP contribution in [0.3, 0.4) is 0 Å². The molecule has 0 unspecified atom stereocenters. The number of hydrogen-bond donors (Lipinski definition) is 1. The molecule has 1 N–H and O–H groups in total. The fourth-order valence-corrected chi connectivity index (χ4v) is 2.77. The van der Waals surface area contributed by atoms with Gasteiger partial charge in [0.1, 0.15) is 0 Å². The third-order valence-corrected chi connectivity index (χ3v) is 4.32. The van der Waals surface area contributed by atoms with Gasteiger partial charge in [-0.2, -0.15) is 0 Å². The van der Waals surface area contributed by atoms with Gasteiger partial charge >= 0.3 is 0 Å². The highest BCUT2D eigenvalue weighted by molar-refractivity contribution is 5.94. The van der Waals surface area contributed by atoms with Gasteiger partial charge in [-0.3, -0.25) is 9.59 Å². The van der Waals surface area contributed by atoms with Crippen molar-refractivity contribution in [1.29, 1.82) is 0 Å². The van der Waals surface area contributed by atoms with Crippen LogP contribution in [0.1, 0.15) is 37.3 Å². The number of hydrogen-bond acceptors (Lipinski definition) is 2. The lowest BCUT2D eigenvalue weighted by molar-refractivity contribution is -0.118. The molecule has 0 aliphatic carbocycles. The van der Waals surface area contributed by atoms with E-state index in [9.17, 15) is 9.59 Å². The number of carbonyl (C=O) groups is 2. The summed E-state index contributed by atoms with van der Waals surface area (Å²) in [6.07, 6.45) is 2.10. The second-order valence-corrected chi connectivity index (χ2v) is 6.15. The van der Waals surface area contributed by atoms with Gasteiger partial charge in [0, 0.05) is 31.3 Å². The molecule has 2 amide bonds. The van der Waals surface area contributed by atoms with E-state index >= 15 is 0 Å². The monoisotopic (exact) mass is 338 g/mol. The summed E-state index contributed by atoms with van der Waals surface area (Å²) in [5.41, 5.74) is 3.97. The first-order valence-electron chi connectivity index (χ1n) is 8.73. The predicted octanol–water partition coefficient (Wildman–Crippen LogP) is 4.33. The van der Waals surface area contributed by atoms with Gasteiger partial charge in [0.05, 0.1) is 0 Å². The van der Waals surface area contributed by atoms with Gasteiger partial charge in [0.25, 0.3) is 0 Å². The molecular weight excluding hydrogens is 312 g/mol. The Morgan fingerprint density at radius 2 is 1.72 bits per heavy atom. The van der Waals surface area contributed by atoms with Gasteiger partial charge in [-0.15, -0.1) is 0 Å². The van der Waals surface area contributed by atoms with Crippen LogP contribution in [0.2, 0.25) is 0 Å².